The molecule has 0 fully saturated rings. The van der Waals surface area contributed by atoms with Gasteiger partial charge in [-0.2, -0.15) is 0 Å². The molecule has 0 aromatic rings. The number of hydrogen-bond donors (Lipinski definition) is 0. The molecule has 1 atom stereocenters. The van der Waals surface area contributed by atoms with Crippen LogP contribution in [0.1, 0.15) is 48.5 Å². The molecular weight excluding hydrogens is 287 g/mol. The zero-order valence-corrected chi connectivity index (χ0v) is 15.5. The quantitative estimate of drug-likeness (QED) is 0.376. The van der Waals surface area contributed by atoms with Gasteiger partial charge in [0.05, 0.1) is 19.4 Å². The second kappa shape index (κ2) is 8.75. The fraction of sp³-hybridized carbons (Fsp3) is 0.812. The number of hydrogen-bond acceptors (Lipinski definition) is 4. The lowest BCUT2D eigenvalue weighted by atomic mass is 9.94. The van der Waals surface area contributed by atoms with Crippen molar-refractivity contribution in [2.75, 3.05) is 25.5 Å². The number of ether oxygens (including phenoxy) is 1. The molecule has 0 amide bonds. The van der Waals surface area contributed by atoms with Crippen LogP contribution in [0.3, 0.4) is 0 Å². The molecule has 0 heterocycles. The van der Waals surface area contributed by atoms with E-state index in [0.717, 1.165) is 0 Å². The van der Waals surface area contributed by atoms with E-state index >= 15 is 0 Å². The molecule has 124 valence electrons. The van der Waals surface area contributed by atoms with E-state index in [1.54, 1.807) is 6.92 Å². The van der Waals surface area contributed by atoms with E-state index < -0.39 is 13.3 Å². The van der Waals surface area contributed by atoms with Gasteiger partial charge >= 0.3 is 5.97 Å². The monoisotopic (exact) mass is 318 g/mol. The minimum Gasteiger partial charge on any atom is -0.463 e. The minimum absolute atomic E-state index is 0.148. The molecule has 0 saturated carbocycles. The van der Waals surface area contributed by atoms with Gasteiger partial charge in [0.2, 0.25) is 7.37 Å². The van der Waals surface area contributed by atoms with Crippen LogP contribution >= 0.6 is 7.37 Å². The van der Waals surface area contributed by atoms with Crippen LogP contribution in [0.25, 0.3) is 0 Å². The van der Waals surface area contributed by atoms with Crippen LogP contribution in [0.4, 0.5) is 0 Å². The van der Waals surface area contributed by atoms with Gasteiger partial charge in [-0.15, -0.1) is 0 Å². The molecule has 0 bridgehead atoms. The first kappa shape index (κ1) is 20.4. The van der Waals surface area contributed by atoms with Crippen LogP contribution in [0.15, 0.2) is 11.6 Å². The SMILES string of the molecule is CCOC(=O)/C(=C/C(C)(C)C)CP(=O)(CC(C)C)OCC. The first-order valence-electron chi connectivity index (χ1n) is 7.64. The number of carbonyl (C=O) groups is 1. The molecule has 0 aromatic carbocycles. The van der Waals surface area contributed by atoms with Crippen molar-refractivity contribution in [1.29, 1.82) is 0 Å². The maximum atomic E-state index is 13.0. The Hall–Kier alpha value is -0.600. The van der Waals surface area contributed by atoms with Gasteiger partial charge in [0.25, 0.3) is 0 Å². The molecular formula is C16H31O4P. The Kier molecular flexibility index (Phi) is 8.50. The smallest absolute Gasteiger partial charge is 0.334 e. The van der Waals surface area contributed by atoms with Gasteiger partial charge in [-0.3, -0.25) is 4.57 Å². The number of allylic oxidation sites excluding steroid dienone is 1. The topological polar surface area (TPSA) is 52.6 Å². The van der Waals surface area contributed by atoms with Crippen molar-refractivity contribution in [3.05, 3.63) is 11.6 Å². The third-order valence-electron chi connectivity index (χ3n) is 2.56. The number of esters is 1. The molecule has 0 aliphatic carbocycles. The highest BCUT2D eigenvalue weighted by Gasteiger charge is 2.29. The molecule has 0 spiro atoms. The zero-order valence-electron chi connectivity index (χ0n) is 14.6. The Morgan fingerprint density at radius 1 is 1.19 bits per heavy atom. The Balaban J connectivity index is 5.38. The Labute approximate surface area is 129 Å². The Bertz CT molecular complexity index is 405. The first-order valence-corrected chi connectivity index (χ1v) is 9.64. The van der Waals surface area contributed by atoms with E-state index in [4.69, 9.17) is 9.26 Å². The average Bonchev–Trinajstić information content (AvgIpc) is 2.25. The van der Waals surface area contributed by atoms with Gasteiger partial charge in [-0.1, -0.05) is 40.7 Å². The summed E-state index contributed by atoms with van der Waals surface area (Å²) in [4.78, 5) is 12.1. The van der Waals surface area contributed by atoms with Crippen LogP contribution in [-0.4, -0.2) is 31.5 Å². The van der Waals surface area contributed by atoms with Crippen molar-refractivity contribution in [2.45, 2.75) is 48.5 Å². The third kappa shape index (κ3) is 9.10. The first-order chi connectivity index (χ1) is 9.53. The van der Waals surface area contributed by atoms with Crippen LogP contribution < -0.4 is 0 Å². The van der Waals surface area contributed by atoms with Crippen LogP contribution in [0, 0.1) is 11.3 Å². The lowest BCUT2D eigenvalue weighted by Gasteiger charge is -2.22. The molecule has 0 saturated heterocycles. The van der Waals surface area contributed by atoms with Gasteiger partial charge in [0, 0.05) is 11.7 Å². The predicted octanol–water partition coefficient (Wildman–Crippen LogP) is 4.49. The highest BCUT2D eigenvalue weighted by atomic mass is 31.2. The van der Waals surface area contributed by atoms with Gasteiger partial charge in [-0.05, 0) is 25.2 Å². The van der Waals surface area contributed by atoms with Crippen molar-refractivity contribution >= 4 is 13.3 Å². The zero-order chi connectivity index (χ0) is 16.7. The summed E-state index contributed by atoms with van der Waals surface area (Å²) in [6.45, 7) is 14.3. The molecule has 0 N–H and O–H groups in total. The van der Waals surface area contributed by atoms with Crippen molar-refractivity contribution in [3.8, 4) is 0 Å². The predicted molar refractivity (Wildman–Crippen MR) is 88.0 cm³/mol. The lowest BCUT2D eigenvalue weighted by Crippen LogP contribution is -2.17. The van der Waals surface area contributed by atoms with Crippen molar-refractivity contribution in [3.63, 3.8) is 0 Å². The lowest BCUT2D eigenvalue weighted by molar-refractivity contribution is -0.138. The molecule has 0 rings (SSSR count). The molecule has 0 aliphatic heterocycles. The van der Waals surface area contributed by atoms with E-state index in [1.807, 2.05) is 47.6 Å². The van der Waals surface area contributed by atoms with E-state index in [1.165, 1.54) is 0 Å². The molecule has 4 nitrogen and oxygen atoms in total. The Morgan fingerprint density at radius 2 is 1.76 bits per heavy atom. The summed E-state index contributed by atoms with van der Waals surface area (Å²) in [5.74, 6) is -0.142. The van der Waals surface area contributed by atoms with Crippen molar-refractivity contribution < 1.29 is 18.6 Å². The van der Waals surface area contributed by atoms with Crippen LogP contribution in [-0.2, 0) is 18.6 Å². The van der Waals surface area contributed by atoms with Gasteiger partial charge in [-0.25, -0.2) is 4.79 Å². The van der Waals surface area contributed by atoms with E-state index in [0.29, 0.717) is 24.9 Å². The highest BCUT2D eigenvalue weighted by molar-refractivity contribution is 7.59. The molecule has 0 radical (unpaired) electrons. The fourth-order valence-electron chi connectivity index (χ4n) is 2.13. The fourth-order valence-corrected chi connectivity index (χ4v) is 4.78. The average molecular weight is 318 g/mol. The molecule has 1 unspecified atom stereocenters. The van der Waals surface area contributed by atoms with E-state index in [-0.39, 0.29) is 17.5 Å². The maximum Gasteiger partial charge on any atom is 0.334 e. The van der Waals surface area contributed by atoms with Crippen LogP contribution in [0.2, 0.25) is 0 Å². The summed E-state index contributed by atoms with van der Waals surface area (Å²) in [5, 5.41) is 0. The van der Waals surface area contributed by atoms with Crippen molar-refractivity contribution in [2.24, 2.45) is 11.3 Å². The van der Waals surface area contributed by atoms with E-state index in [9.17, 15) is 9.36 Å². The maximum absolute atomic E-state index is 13.0. The Morgan fingerprint density at radius 3 is 2.14 bits per heavy atom. The second-order valence-corrected chi connectivity index (χ2v) is 9.29. The summed E-state index contributed by atoms with van der Waals surface area (Å²) >= 11 is 0. The van der Waals surface area contributed by atoms with Gasteiger partial charge in [0.1, 0.15) is 0 Å². The molecule has 5 heteroatoms. The number of carbonyl (C=O) groups excluding carboxylic acids is 1. The van der Waals surface area contributed by atoms with Gasteiger partial charge < -0.3 is 9.26 Å². The summed E-state index contributed by atoms with van der Waals surface area (Å²) in [7, 11) is -2.86. The largest absolute Gasteiger partial charge is 0.463 e. The van der Waals surface area contributed by atoms with E-state index in [2.05, 4.69) is 0 Å². The molecule has 0 aromatic heterocycles. The molecule has 21 heavy (non-hydrogen) atoms. The summed E-state index contributed by atoms with van der Waals surface area (Å²) in [6.07, 6.45) is 2.47. The summed E-state index contributed by atoms with van der Waals surface area (Å²) < 4.78 is 23.6. The summed E-state index contributed by atoms with van der Waals surface area (Å²) in [6, 6.07) is 0. The highest BCUT2D eigenvalue weighted by Crippen LogP contribution is 2.50. The second-order valence-electron chi connectivity index (χ2n) is 6.72. The van der Waals surface area contributed by atoms with Crippen LogP contribution in [0.5, 0.6) is 0 Å². The minimum atomic E-state index is -2.86. The van der Waals surface area contributed by atoms with Crippen molar-refractivity contribution in [1.82, 2.24) is 0 Å². The standard InChI is InChI=1S/C16H31O4P/c1-8-19-15(17)14(10-16(5,6)7)12-21(18,20-9-2)11-13(3)4/h10,13H,8-9,11-12H2,1-7H3/b14-10+. The van der Waals surface area contributed by atoms with Gasteiger partial charge in [0.15, 0.2) is 0 Å². The summed E-state index contributed by atoms with van der Waals surface area (Å²) in [5.41, 5.74) is 0.276. The molecule has 0 aliphatic rings. The normalized spacial score (nSPS) is 15.9. The number of rotatable bonds is 8. The third-order valence-corrected chi connectivity index (χ3v) is 5.40.